The Hall–Kier alpha value is -8.72. The molecule has 7 aromatic rings. The molecular formula is C51H58N16O10S. The number of thioether (sulfide) groups is 1. The second kappa shape index (κ2) is 22.5. The van der Waals surface area contributed by atoms with E-state index in [-0.39, 0.29) is 73.7 Å². The van der Waals surface area contributed by atoms with Crippen LogP contribution in [-0.2, 0) is 45.4 Å². The first-order valence-electron chi connectivity index (χ1n) is 25.2. The number of imide groups is 1. The molecule has 0 radical (unpaired) electrons. The Bertz CT molecular complexity index is 3590. The van der Waals surface area contributed by atoms with Crippen molar-refractivity contribution in [1.29, 1.82) is 0 Å². The maximum Gasteiger partial charge on any atom is 0.321 e. The second-order valence-corrected chi connectivity index (χ2v) is 20.1. The number of primary amides is 2. The lowest BCUT2D eigenvalue weighted by Gasteiger charge is -2.39. The van der Waals surface area contributed by atoms with Gasteiger partial charge in [0.1, 0.15) is 40.2 Å². The van der Waals surface area contributed by atoms with E-state index in [2.05, 4.69) is 20.5 Å². The topological polar surface area (TPSA) is 352 Å². The third-order valence-electron chi connectivity index (χ3n) is 13.6. The molecule has 7 heterocycles. The zero-order chi connectivity index (χ0) is 55.7. The number of aryl methyl sites for hydroxylation is 4. The summed E-state index contributed by atoms with van der Waals surface area (Å²) < 4.78 is 19.3. The summed E-state index contributed by atoms with van der Waals surface area (Å²) in [5.74, 6) is -1.96. The lowest BCUT2D eigenvalue weighted by atomic mass is 9.96. The number of hydrogen-bond donors (Lipinski definition) is 5. The molecule has 78 heavy (non-hydrogen) atoms. The minimum atomic E-state index is -1.20. The summed E-state index contributed by atoms with van der Waals surface area (Å²) in [7, 11) is 1.46. The van der Waals surface area contributed by atoms with E-state index in [0.29, 0.717) is 106 Å². The molecule has 5 aromatic heterocycles. The highest BCUT2D eigenvalue weighted by atomic mass is 32.2. The van der Waals surface area contributed by atoms with Crippen LogP contribution in [0.25, 0.3) is 44.6 Å². The number of anilines is 1. The van der Waals surface area contributed by atoms with Crippen molar-refractivity contribution < 1.29 is 48.1 Å². The minimum Gasteiger partial charge on any atom is -0.494 e. The van der Waals surface area contributed by atoms with Gasteiger partial charge in [0.05, 0.1) is 35.7 Å². The van der Waals surface area contributed by atoms with Crippen LogP contribution in [0, 0.1) is 19.8 Å². The Morgan fingerprint density at radius 2 is 1.59 bits per heavy atom. The number of aliphatic carboxylic acids is 1. The number of benzene rings is 2. The number of methoxy groups -OCH3 is 1. The fourth-order valence-corrected chi connectivity index (χ4v) is 10.7. The van der Waals surface area contributed by atoms with E-state index >= 15 is 0 Å². The first-order valence-corrected chi connectivity index (χ1v) is 26.2. The van der Waals surface area contributed by atoms with E-state index in [4.69, 9.17) is 46.7 Å². The van der Waals surface area contributed by atoms with Crippen molar-refractivity contribution in [1.82, 2.24) is 58.4 Å². The molecule has 0 bridgehead atoms. The molecule has 9 rings (SSSR count). The molecule has 0 spiro atoms. The van der Waals surface area contributed by atoms with Gasteiger partial charge in [0, 0.05) is 92.5 Å². The number of nitrogens with two attached hydrogens (primary N) is 3. The number of fused-ring (bicyclic) bond motifs is 4. The van der Waals surface area contributed by atoms with Crippen molar-refractivity contribution in [3.8, 4) is 23.1 Å². The second-order valence-electron chi connectivity index (χ2n) is 18.8. The third-order valence-corrected chi connectivity index (χ3v) is 14.9. The molecule has 0 saturated carbocycles. The fourth-order valence-electron chi connectivity index (χ4n) is 9.61. The van der Waals surface area contributed by atoms with E-state index < -0.39 is 46.8 Å². The molecule has 408 valence electrons. The van der Waals surface area contributed by atoms with Crippen LogP contribution in [0.15, 0.2) is 48.7 Å². The maximum atomic E-state index is 13.8. The summed E-state index contributed by atoms with van der Waals surface area (Å²) in [4.78, 5) is 111. The van der Waals surface area contributed by atoms with Crippen LogP contribution in [0.1, 0.15) is 75.8 Å². The standard InChI is InChI=1S/C51H58N16O10S/c1-6-66-35(16-26(3)60-66)48(72)59-51-57-34-18-30(44(54)71)19-36(76-5)42(34)65(51)13-9-8-12-64-41-31(32-22-55-45(58-46(32)64)47-56-27(4)61-67(47)7-2)17-29(43(53)70)20-37(41)77-15-11-28-23-62(24-28)39(68)10-14-63-40(69)21-38(49(63)73)78-25-33(52)50(74)75/h8-9,16-20,22,28,33,38H,6-7,10-15,21,23-25,52H2,1-5H3,(H2,53,70)(H2,54,71)(H,74,75)(H,57,59,72)/b9-8+/t33-,38?/m0/s1. The average molecular weight is 1090 g/mol. The monoisotopic (exact) mass is 1090 g/mol. The average Bonchev–Trinajstić information content (AvgIpc) is 4.29. The number of imidazole rings is 1. The summed E-state index contributed by atoms with van der Waals surface area (Å²) in [6, 6.07) is 6.81. The highest BCUT2D eigenvalue weighted by Crippen LogP contribution is 2.37. The summed E-state index contributed by atoms with van der Waals surface area (Å²) in [5, 5.41) is 21.4. The lowest BCUT2D eigenvalue weighted by molar-refractivity contribution is -0.142. The first-order chi connectivity index (χ1) is 37.4. The lowest BCUT2D eigenvalue weighted by Crippen LogP contribution is -2.51. The van der Waals surface area contributed by atoms with Crippen molar-refractivity contribution >= 4 is 92.1 Å². The molecule has 8 N–H and O–H groups in total. The van der Waals surface area contributed by atoms with Gasteiger partial charge in [-0.25, -0.2) is 24.6 Å². The number of likely N-dealkylation sites (tertiary alicyclic amines) is 2. The summed E-state index contributed by atoms with van der Waals surface area (Å²) in [6.07, 6.45) is 5.82. The van der Waals surface area contributed by atoms with Gasteiger partial charge in [0.25, 0.3) is 5.91 Å². The Kier molecular flexibility index (Phi) is 15.6. The zero-order valence-corrected chi connectivity index (χ0v) is 44.3. The number of nitrogens with zero attached hydrogens (tertiary/aromatic N) is 12. The van der Waals surface area contributed by atoms with Crippen LogP contribution < -0.4 is 32.0 Å². The molecule has 2 aliphatic heterocycles. The number of allylic oxidation sites excluding steroid dienone is 2. The Morgan fingerprint density at radius 1 is 0.885 bits per heavy atom. The van der Waals surface area contributed by atoms with Crippen molar-refractivity contribution in [3.05, 3.63) is 77.0 Å². The number of carboxylic acids is 1. The zero-order valence-electron chi connectivity index (χ0n) is 43.5. The fraction of sp³-hybridized carbons (Fsp3) is 0.392. The minimum absolute atomic E-state index is 0.0292. The molecule has 1 unspecified atom stereocenters. The SMILES string of the molecule is CCn1nc(C)cc1C(=O)Nc1nc2cc(C(N)=O)cc(OC)c2n1C/C=C/Cn1c2nc(-c3nc(C)nn3CC)ncc2c2cc(C(N)=O)cc(OCCC3CN(C(=O)CCN4C(=O)CC(SC[C@H](N)C(=O)O)C4=O)C3)c21. The molecule has 2 atom stereocenters. The molecule has 26 nitrogen and oxygen atoms in total. The Morgan fingerprint density at radius 3 is 2.28 bits per heavy atom. The van der Waals surface area contributed by atoms with Crippen molar-refractivity contribution in [2.75, 3.05) is 44.4 Å². The normalized spacial score (nSPS) is 15.3. The molecular weight excluding hydrogens is 1030 g/mol. The summed E-state index contributed by atoms with van der Waals surface area (Å²) >= 11 is 1.02. The van der Waals surface area contributed by atoms with Crippen LogP contribution in [-0.4, -0.2) is 155 Å². The van der Waals surface area contributed by atoms with Gasteiger partial charge < -0.3 is 45.8 Å². The molecule has 27 heteroatoms. The third kappa shape index (κ3) is 10.8. The number of carbonyl (C=O) groups is 7. The number of carboxylic acid groups (broad SMARTS) is 1. The van der Waals surface area contributed by atoms with Gasteiger partial charge in [-0.2, -0.15) is 10.2 Å². The van der Waals surface area contributed by atoms with E-state index in [0.717, 1.165) is 16.7 Å². The number of hydrogen-bond acceptors (Lipinski definition) is 17. The van der Waals surface area contributed by atoms with Crippen LogP contribution in [0.5, 0.6) is 11.5 Å². The predicted octanol–water partition coefficient (Wildman–Crippen LogP) is 2.65. The number of aromatic nitrogens is 10. The van der Waals surface area contributed by atoms with Gasteiger partial charge in [-0.3, -0.25) is 48.5 Å². The maximum absolute atomic E-state index is 13.8. The number of rotatable bonds is 23. The smallest absolute Gasteiger partial charge is 0.321 e. The Labute approximate surface area is 449 Å². The molecule has 2 fully saturated rings. The largest absolute Gasteiger partial charge is 0.494 e. The number of nitrogens with one attached hydrogen (secondary N) is 1. The van der Waals surface area contributed by atoms with Crippen molar-refractivity contribution in [3.63, 3.8) is 0 Å². The quantitative estimate of drug-likeness (QED) is 0.0454. The van der Waals surface area contributed by atoms with Crippen molar-refractivity contribution in [2.45, 2.75) is 84.4 Å². The number of amides is 6. The predicted molar refractivity (Wildman–Crippen MR) is 286 cm³/mol. The molecule has 6 amide bonds. The Balaban J connectivity index is 0.975. The molecule has 2 aromatic carbocycles. The summed E-state index contributed by atoms with van der Waals surface area (Å²) in [5.41, 5.74) is 20.4. The van der Waals surface area contributed by atoms with Gasteiger partial charge in [0.15, 0.2) is 11.6 Å². The van der Waals surface area contributed by atoms with E-state index in [1.165, 1.54) is 19.2 Å². The van der Waals surface area contributed by atoms with Gasteiger partial charge in [0.2, 0.25) is 35.5 Å². The van der Waals surface area contributed by atoms with E-state index in [9.17, 15) is 33.6 Å². The van der Waals surface area contributed by atoms with Crippen molar-refractivity contribution in [2.24, 2.45) is 23.1 Å². The molecule has 0 aliphatic carbocycles. The van der Waals surface area contributed by atoms with Crippen LogP contribution in [0.3, 0.4) is 0 Å². The molecule has 2 aliphatic rings. The first kappa shape index (κ1) is 54.1. The highest BCUT2D eigenvalue weighted by molar-refractivity contribution is 8.00. The van der Waals surface area contributed by atoms with Crippen LogP contribution >= 0.6 is 11.8 Å². The highest BCUT2D eigenvalue weighted by Gasteiger charge is 2.40. The van der Waals surface area contributed by atoms with Crippen LogP contribution in [0.2, 0.25) is 0 Å². The van der Waals surface area contributed by atoms with Gasteiger partial charge in [-0.15, -0.1) is 11.8 Å². The number of carbonyl (C=O) groups excluding carboxylic acids is 6. The number of ether oxygens (including phenoxy) is 2. The molecule has 2 saturated heterocycles. The van der Waals surface area contributed by atoms with E-state index in [1.807, 2.05) is 30.6 Å². The summed E-state index contributed by atoms with van der Waals surface area (Å²) in [6.45, 7) is 9.66. The van der Waals surface area contributed by atoms with Gasteiger partial charge in [-0.1, -0.05) is 12.2 Å². The van der Waals surface area contributed by atoms with Crippen LogP contribution in [0.4, 0.5) is 5.95 Å². The van der Waals surface area contributed by atoms with Gasteiger partial charge in [-0.05, 0) is 70.4 Å². The van der Waals surface area contributed by atoms with Gasteiger partial charge >= 0.3 is 5.97 Å². The van der Waals surface area contributed by atoms with E-state index in [1.54, 1.807) is 57.1 Å².